The van der Waals surface area contributed by atoms with E-state index in [4.69, 9.17) is 10.2 Å². The van der Waals surface area contributed by atoms with Gasteiger partial charge in [-0.25, -0.2) is 4.79 Å². The van der Waals surface area contributed by atoms with Crippen molar-refractivity contribution in [2.45, 2.75) is 19.8 Å². The van der Waals surface area contributed by atoms with Crippen LogP contribution in [-0.4, -0.2) is 37.2 Å². The summed E-state index contributed by atoms with van der Waals surface area (Å²) in [6.45, 7) is 1.79. The maximum Gasteiger partial charge on any atom is 0.331 e. The topological polar surface area (TPSA) is 118 Å². The average molecular weight is 316 g/mol. The van der Waals surface area contributed by atoms with Crippen LogP contribution >= 0.6 is 0 Å². The highest BCUT2D eigenvalue weighted by atomic mass is 32.2. The minimum Gasteiger partial charge on any atom is -0.481 e. The standard InChI is InChI=1S/C9H10O4.C4H6O3S/c1-9(8(12)13)4-2-3-6(5-9)7(10)11;5-8(6)4-2-1-3-7-8/h2-4H,5H2,1H3,(H,10,11)(H,12,13);2,4H,1,3H2. The molecule has 0 bridgehead atoms. The predicted molar refractivity (Wildman–Crippen MR) is 73.8 cm³/mol. The quantitative estimate of drug-likeness (QED) is 0.737. The second-order valence-corrected chi connectivity index (χ2v) is 6.22. The van der Waals surface area contributed by atoms with E-state index in [0.717, 1.165) is 5.41 Å². The number of carboxylic acid groups (broad SMARTS) is 2. The summed E-state index contributed by atoms with van der Waals surface area (Å²) < 4.78 is 25.0. The van der Waals surface area contributed by atoms with Gasteiger partial charge in [0.1, 0.15) is 0 Å². The summed E-state index contributed by atoms with van der Waals surface area (Å²) in [6.07, 6.45) is 6.71. The van der Waals surface area contributed by atoms with E-state index in [1.54, 1.807) is 6.08 Å². The van der Waals surface area contributed by atoms with Crippen LogP contribution in [0, 0.1) is 5.41 Å². The van der Waals surface area contributed by atoms with E-state index in [2.05, 4.69) is 4.18 Å². The van der Waals surface area contributed by atoms with Gasteiger partial charge in [0.05, 0.1) is 17.4 Å². The van der Waals surface area contributed by atoms with Crippen LogP contribution in [0.15, 0.2) is 35.3 Å². The zero-order chi connectivity index (χ0) is 16.1. The fourth-order valence-electron chi connectivity index (χ4n) is 1.64. The largest absolute Gasteiger partial charge is 0.481 e. The number of carboxylic acids is 2. The van der Waals surface area contributed by atoms with Gasteiger partial charge >= 0.3 is 11.9 Å². The molecule has 2 rings (SSSR count). The third-order valence-corrected chi connectivity index (χ3v) is 3.90. The van der Waals surface area contributed by atoms with Gasteiger partial charge < -0.3 is 10.2 Å². The summed E-state index contributed by atoms with van der Waals surface area (Å²) in [5, 5.41) is 18.6. The maximum atomic E-state index is 10.8. The third-order valence-electron chi connectivity index (χ3n) is 2.88. The van der Waals surface area contributed by atoms with E-state index in [9.17, 15) is 18.0 Å². The van der Waals surface area contributed by atoms with Crippen LogP contribution in [0.25, 0.3) is 0 Å². The van der Waals surface area contributed by atoms with Crippen LogP contribution < -0.4 is 0 Å². The first-order valence-corrected chi connectivity index (χ1v) is 7.54. The van der Waals surface area contributed by atoms with E-state index in [1.807, 2.05) is 0 Å². The van der Waals surface area contributed by atoms with E-state index in [-0.39, 0.29) is 12.0 Å². The second-order valence-electron chi connectivity index (χ2n) is 4.73. The van der Waals surface area contributed by atoms with Gasteiger partial charge in [0, 0.05) is 5.57 Å². The first kappa shape index (κ1) is 17.1. The number of hydrogen-bond acceptors (Lipinski definition) is 5. The van der Waals surface area contributed by atoms with Crippen molar-refractivity contribution in [3.63, 3.8) is 0 Å². The number of allylic oxidation sites excluding steroid dienone is 2. The van der Waals surface area contributed by atoms with Crippen molar-refractivity contribution in [2.24, 2.45) is 5.41 Å². The number of rotatable bonds is 2. The minimum atomic E-state index is -3.26. The van der Waals surface area contributed by atoms with Crippen molar-refractivity contribution in [1.29, 1.82) is 0 Å². The summed E-state index contributed by atoms with van der Waals surface area (Å²) in [5.74, 6) is -2.06. The van der Waals surface area contributed by atoms with Crippen molar-refractivity contribution >= 4 is 22.1 Å². The predicted octanol–water partition coefficient (Wildman–Crippen LogP) is 1.30. The molecule has 1 aliphatic carbocycles. The number of hydrogen-bond donors (Lipinski definition) is 2. The Morgan fingerprint density at radius 2 is 2.00 bits per heavy atom. The second kappa shape index (κ2) is 6.68. The van der Waals surface area contributed by atoms with Crippen molar-refractivity contribution < 1.29 is 32.4 Å². The van der Waals surface area contributed by atoms with Gasteiger partial charge in [0.25, 0.3) is 10.1 Å². The molecule has 8 heteroatoms. The lowest BCUT2D eigenvalue weighted by molar-refractivity contribution is -0.145. The fourth-order valence-corrected chi connectivity index (χ4v) is 2.42. The van der Waals surface area contributed by atoms with E-state index in [1.165, 1.54) is 25.2 Å². The zero-order valence-electron chi connectivity index (χ0n) is 11.4. The molecule has 7 nitrogen and oxygen atoms in total. The first-order chi connectivity index (χ1) is 9.66. The van der Waals surface area contributed by atoms with Gasteiger partial charge in [-0.05, 0) is 19.8 Å². The molecule has 0 amide bonds. The zero-order valence-corrected chi connectivity index (χ0v) is 12.2. The number of aliphatic carboxylic acids is 2. The van der Waals surface area contributed by atoms with E-state index in [0.29, 0.717) is 13.0 Å². The Balaban J connectivity index is 0.000000235. The summed E-state index contributed by atoms with van der Waals surface area (Å²) >= 11 is 0. The lowest BCUT2D eigenvalue weighted by Gasteiger charge is -2.23. The fraction of sp³-hybridized carbons (Fsp3) is 0.385. The lowest BCUT2D eigenvalue weighted by atomic mass is 9.80. The van der Waals surface area contributed by atoms with Gasteiger partial charge in [-0.1, -0.05) is 24.3 Å². The summed E-state index contributed by atoms with van der Waals surface area (Å²) in [4.78, 5) is 21.3. The maximum absolute atomic E-state index is 10.8. The highest BCUT2D eigenvalue weighted by Gasteiger charge is 2.34. The van der Waals surface area contributed by atoms with Gasteiger partial charge in [-0.15, -0.1) is 0 Å². The van der Waals surface area contributed by atoms with Gasteiger partial charge in [-0.2, -0.15) is 8.42 Å². The Hall–Kier alpha value is -1.93. The first-order valence-electron chi connectivity index (χ1n) is 6.07. The molecule has 0 radical (unpaired) electrons. The van der Waals surface area contributed by atoms with Crippen molar-refractivity contribution in [2.75, 3.05) is 6.61 Å². The number of carbonyl (C=O) groups is 2. The molecule has 1 heterocycles. The molecule has 1 aliphatic heterocycles. The molecule has 116 valence electrons. The molecular formula is C13H16O7S. The third kappa shape index (κ3) is 5.16. The molecule has 0 aromatic carbocycles. The molecular weight excluding hydrogens is 300 g/mol. The minimum absolute atomic E-state index is 0.0359. The molecule has 2 aliphatic rings. The normalized spacial score (nSPS) is 26.2. The van der Waals surface area contributed by atoms with Crippen molar-refractivity contribution in [3.05, 3.63) is 35.3 Å². The Bertz CT molecular complexity index is 612. The van der Waals surface area contributed by atoms with Crippen molar-refractivity contribution in [3.8, 4) is 0 Å². The van der Waals surface area contributed by atoms with E-state index >= 15 is 0 Å². The molecule has 0 fully saturated rings. The Morgan fingerprint density at radius 1 is 1.33 bits per heavy atom. The molecule has 2 N–H and O–H groups in total. The summed E-state index contributed by atoms with van der Waals surface area (Å²) in [7, 11) is -3.26. The summed E-state index contributed by atoms with van der Waals surface area (Å²) in [6, 6.07) is 0. The van der Waals surface area contributed by atoms with Crippen LogP contribution in [0.5, 0.6) is 0 Å². The smallest absolute Gasteiger partial charge is 0.331 e. The monoisotopic (exact) mass is 316 g/mol. The Labute approximate surface area is 122 Å². The highest BCUT2D eigenvalue weighted by molar-refractivity contribution is 7.89. The highest BCUT2D eigenvalue weighted by Crippen LogP contribution is 2.31. The lowest BCUT2D eigenvalue weighted by Crippen LogP contribution is -2.28. The van der Waals surface area contributed by atoms with Gasteiger partial charge in [-0.3, -0.25) is 8.98 Å². The van der Waals surface area contributed by atoms with E-state index < -0.39 is 27.5 Å². The van der Waals surface area contributed by atoms with Crippen LogP contribution in [0.4, 0.5) is 0 Å². The molecule has 0 spiro atoms. The molecule has 0 saturated heterocycles. The Kier molecular flexibility index (Phi) is 5.45. The van der Waals surface area contributed by atoms with Gasteiger partial charge in [0.15, 0.2) is 0 Å². The molecule has 0 aromatic heterocycles. The van der Waals surface area contributed by atoms with Crippen LogP contribution in [0.3, 0.4) is 0 Å². The Morgan fingerprint density at radius 3 is 2.38 bits per heavy atom. The molecule has 0 saturated carbocycles. The van der Waals surface area contributed by atoms with Crippen LogP contribution in [0.2, 0.25) is 0 Å². The van der Waals surface area contributed by atoms with Crippen LogP contribution in [-0.2, 0) is 23.9 Å². The molecule has 1 unspecified atom stereocenters. The SMILES string of the molecule is CC1(C(=O)O)C=CC=C(C(=O)O)C1.O=S1(=O)C=CCCO1. The summed E-state index contributed by atoms with van der Waals surface area (Å²) in [5.41, 5.74) is -0.949. The van der Waals surface area contributed by atoms with Gasteiger partial charge in [0.2, 0.25) is 0 Å². The molecule has 1 atom stereocenters. The average Bonchev–Trinajstić information content (AvgIpc) is 2.39. The van der Waals surface area contributed by atoms with Crippen LogP contribution in [0.1, 0.15) is 19.8 Å². The van der Waals surface area contributed by atoms with Crippen molar-refractivity contribution in [1.82, 2.24) is 0 Å². The molecule has 21 heavy (non-hydrogen) atoms. The molecule has 0 aromatic rings.